The number of benzene rings is 2. The Bertz CT molecular complexity index is 729. The molecule has 24 heavy (non-hydrogen) atoms. The number of rotatable bonds is 5. The average molecular weight is 325 g/mol. The van der Waals surface area contributed by atoms with Crippen LogP contribution in [0.2, 0.25) is 0 Å². The van der Waals surface area contributed by atoms with Gasteiger partial charge in [0, 0.05) is 11.7 Å². The molecule has 5 nitrogen and oxygen atoms in total. The fraction of sp³-hybridized carbons (Fsp3) is 0.263. The van der Waals surface area contributed by atoms with Crippen molar-refractivity contribution in [2.24, 2.45) is 0 Å². The van der Waals surface area contributed by atoms with Gasteiger partial charge in [-0.3, -0.25) is 4.79 Å². The lowest BCUT2D eigenvalue weighted by atomic mass is 10.1. The highest BCUT2D eigenvalue weighted by atomic mass is 16.6. The van der Waals surface area contributed by atoms with E-state index in [1.165, 1.54) is 0 Å². The van der Waals surface area contributed by atoms with Crippen LogP contribution in [0.4, 0.5) is 5.69 Å². The smallest absolute Gasteiger partial charge is 0.344 e. The topological polar surface area (TPSA) is 55.8 Å². The number of fused-ring (bicyclic) bond motifs is 1. The minimum absolute atomic E-state index is 0.0640. The molecule has 2 aromatic rings. The van der Waals surface area contributed by atoms with Gasteiger partial charge in [-0.25, -0.2) is 4.79 Å². The predicted molar refractivity (Wildman–Crippen MR) is 90.0 cm³/mol. The third-order valence-electron chi connectivity index (χ3n) is 3.93. The molecule has 5 heteroatoms. The van der Waals surface area contributed by atoms with E-state index in [1.54, 1.807) is 17.0 Å². The maximum atomic E-state index is 12.4. The van der Waals surface area contributed by atoms with E-state index in [1.807, 2.05) is 49.4 Å². The molecular weight excluding hydrogens is 306 g/mol. The summed E-state index contributed by atoms with van der Waals surface area (Å²) in [4.78, 5) is 25.8. The number of nitrogens with zero attached hydrogens (tertiary/aromatic N) is 1. The molecule has 0 aliphatic carbocycles. The van der Waals surface area contributed by atoms with Gasteiger partial charge in [0.15, 0.2) is 13.2 Å². The summed E-state index contributed by atoms with van der Waals surface area (Å²) in [5.41, 5.74) is 2.03. The SMILES string of the molecule is C[C@@H]1Cc2ccccc2N1C(=O)COC(=O)COc1ccccc1. The Morgan fingerprint density at radius 2 is 1.75 bits per heavy atom. The summed E-state index contributed by atoms with van der Waals surface area (Å²) in [5.74, 6) is -0.198. The molecule has 1 heterocycles. The molecule has 0 aromatic heterocycles. The maximum Gasteiger partial charge on any atom is 0.344 e. The lowest BCUT2D eigenvalue weighted by Gasteiger charge is -2.22. The van der Waals surface area contributed by atoms with Crippen molar-refractivity contribution in [1.82, 2.24) is 0 Å². The maximum absolute atomic E-state index is 12.4. The molecule has 1 aliphatic rings. The van der Waals surface area contributed by atoms with Gasteiger partial charge in [-0.1, -0.05) is 36.4 Å². The molecular formula is C19H19NO4. The third-order valence-corrected chi connectivity index (χ3v) is 3.93. The highest BCUT2D eigenvalue weighted by Crippen LogP contribution is 2.31. The van der Waals surface area contributed by atoms with Gasteiger partial charge >= 0.3 is 5.97 Å². The highest BCUT2D eigenvalue weighted by molar-refractivity contribution is 5.97. The summed E-state index contributed by atoms with van der Waals surface area (Å²) in [5, 5.41) is 0. The van der Waals surface area contributed by atoms with E-state index in [0.29, 0.717) is 5.75 Å². The van der Waals surface area contributed by atoms with Crippen LogP contribution in [-0.4, -0.2) is 31.1 Å². The molecule has 3 rings (SSSR count). The first-order chi connectivity index (χ1) is 11.6. The summed E-state index contributed by atoms with van der Waals surface area (Å²) >= 11 is 0. The van der Waals surface area contributed by atoms with E-state index in [0.717, 1.165) is 17.7 Å². The zero-order valence-electron chi connectivity index (χ0n) is 13.5. The molecule has 0 spiro atoms. The van der Waals surface area contributed by atoms with E-state index in [4.69, 9.17) is 9.47 Å². The fourth-order valence-corrected chi connectivity index (χ4v) is 2.86. The van der Waals surface area contributed by atoms with Crippen LogP contribution in [-0.2, 0) is 20.7 Å². The average Bonchev–Trinajstić information content (AvgIpc) is 2.94. The van der Waals surface area contributed by atoms with Crippen LogP contribution in [0, 0.1) is 0 Å². The summed E-state index contributed by atoms with van der Waals surface area (Å²) in [6, 6.07) is 16.8. The zero-order chi connectivity index (χ0) is 16.9. The Labute approximate surface area is 140 Å². The molecule has 1 atom stereocenters. The standard InChI is InChI=1S/C19H19NO4/c1-14-11-15-7-5-6-10-17(15)20(14)18(21)12-24-19(22)13-23-16-8-3-2-4-9-16/h2-10,14H,11-13H2,1H3/t14-/m1/s1. The minimum atomic E-state index is -0.563. The van der Waals surface area contributed by atoms with Gasteiger partial charge in [-0.05, 0) is 37.1 Å². The lowest BCUT2D eigenvalue weighted by molar-refractivity contribution is -0.149. The van der Waals surface area contributed by atoms with Gasteiger partial charge in [0.2, 0.25) is 0 Å². The van der Waals surface area contributed by atoms with Crippen LogP contribution in [0.25, 0.3) is 0 Å². The Hall–Kier alpha value is -2.82. The van der Waals surface area contributed by atoms with Crippen LogP contribution in [0.5, 0.6) is 5.75 Å². The second-order valence-corrected chi connectivity index (χ2v) is 5.71. The number of esters is 1. The highest BCUT2D eigenvalue weighted by Gasteiger charge is 2.30. The van der Waals surface area contributed by atoms with Crippen molar-refractivity contribution < 1.29 is 19.1 Å². The van der Waals surface area contributed by atoms with Crippen LogP contribution in [0.15, 0.2) is 54.6 Å². The van der Waals surface area contributed by atoms with Gasteiger partial charge in [0.25, 0.3) is 5.91 Å². The first kappa shape index (κ1) is 16.1. The summed E-state index contributed by atoms with van der Waals surface area (Å²) < 4.78 is 10.3. The van der Waals surface area contributed by atoms with Crippen LogP contribution >= 0.6 is 0 Å². The Kier molecular flexibility index (Phi) is 4.79. The molecule has 0 saturated carbocycles. The van der Waals surface area contributed by atoms with Crippen molar-refractivity contribution >= 4 is 17.6 Å². The van der Waals surface area contributed by atoms with Crippen molar-refractivity contribution in [3.8, 4) is 5.75 Å². The number of carbonyl (C=O) groups is 2. The summed E-state index contributed by atoms with van der Waals surface area (Å²) in [6.07, 6.45) is 0.812. The van der Waals surface area contributed by atoms with E-state index in [2.05, 4.69) is 0 Å². The van der Waals surface area contributed by atoms with Gasteiger partial charge in [-0.2, -0.15) is 0 Å². The van der Waals surface area contributed by atoms with E-state index in [-0.39, 0.29) is 25.2 Å². The van der Waals surface area contributed by atoms with Gasteiger partial charge in [0.05, 0.1) is 0 Å². The molecule has 0 radical (unpaired) electrons. The monoisotopic (exact) mass is 325 g/mol. The second kappa shape index (κ2) is 7.17. The normalized spacial score (nSPS) is 15.7. The second-order valence-electron chi connectivity index (χ2n) is 5.71. The minimum Gasteiger partial charge on any atom is -0.482 e. The number of carbonyl (C=O) groups excluding carboxylic acids is 2. The Morgan fingerprint density at radius 1 is 1.04 bits per heavy atom. The largest absolute Gasteiger partial charge is 0.482 e. The van der Waals surface area contributed by atoms with Gasteiger partial charge in [0.1, 0.15) is 5.75 Å². The third kappa shape index (κ3) is 3.56. The molecule has 2 aromatic carbocycles. The number of hydrogen-bond donors (Lipinski definition) is 0. The van der Waals surface area contributed by atoms with Crippen molar-refractivity contribution in [2.45, 2.75) is 19.4 Å². The van der Waals surface area contributed by atoms with Crippen LogP contribution < -0.4 is 9.64 Å². The molecule has 0 N–H and O–H groups in total. The van der Waals surface area contributed by atoms with Crippen LogP contribution in [0.3, 0.4) is 0 Å². The van der Waals surface area contributed by atoms with Crippen molar-refractivity contribution in [3.05, 3.63) is 60.2 Å². The predicted octanol–water partition coefficient (Wildman–Crippen LogP) is 2.59. The van der Waals surface area contributed by atoms with Crippen molar-refractivity contribution in [2.75, 3.05) is 18.1 Å². The number of hydrogen-bond acceptors (Lipinski definition) is 4. The fourth-order valence-electron chi connectivity index (χ4n) is 2.86. The number of amides is 1. The Balaban J connectivity index is 1.51. The van der Waals surface area contributed by atoms with E-state index < -0.39 is 5.97 Å². The molecule has 0 saturated heterocycles. The summed E-state index contributed by atoms with van der Waals surface area (Å²) in [6.45, 7) is 1.48. The first-order valence-electron chi connectivity index (χ1n) is 7.88. The molecule has 1 aliphatic heterocycles. The first-order valence-corrected chi connectivity index (χ1v) is 7.88. The van der Waals surface area contributed by atoms with Crippen molar-refractivity contribution in [1.29, 1.82) is 0 Å². The molecule has 0 unspecified atom stereocenters. The van der Waals surface area contributed by atoms with E-state index >= 15 is 0 Å². The molecule has 0 bridgehead atoms. The number of ether oxygens (including phenoxy) is 2. The zero-order valence-corrected chi connectivity index (χ0v) is 13.5. The van der Waals surface area contributed by atoms with Gasteiger partial charge in [-0.15, -0.1) is 0 Å². The molecule has 1 amide bonds. The van der Waals surface area contributed by atoms with E-state index in [9.17, 15) is 9.59 Å². The van der Waals surface area contributed by atoms with Gasteiger partial charge < -0.3 is 14.4 Å². The summed E-state index contributed by atoms with van der Waals surface area (Å²) in [7, 11) is 0. The lowest BCUT2D eigenvalue weighted by Crippen LogP contribution is -2.39. The molecule has 124 valence electrons. The Morgan fingerprint density at radius 3 is 2.54 bits per heavy atom. The quantitative estimate of drug-likeness (QED) is 0.793. The van der Waals surface area contributed by atoms with Crippen LogP contribution in [0.1, 0.15) is 12.5 Å². The number of para-hydroxylation sites is 2. The van der Waals surface area contributed by atoms with Crippen molar-refractivity contribution in [3.63, 3.8) is 0 Å². The number of anilines is 1. The molecule has 0 fully saturated rings.